The Kier molecular flexibility index (Phi) is 4.34. The lowest BCUT2D eigenvalue weighted by molar-refractivity contribution is 0.354. The highest BCUT2D eigenvalue weighted by Gasteiger charge is 2.34. The summed E-state index contributed by atoms with van der Waals surface area (Å²) in [5.41, 5.74) is 3.92. The van der Waals surface area contributed by atoms with Crippen molar-refractivity contribution in [3.05, 3.63) is 33.8 Å². The Bertz CT molecular complexity index is 423. The molecule has 0 amide bonds. The Morgan fingerprint density at radius 1 is 1.28 bits per heavy atom. The molecule has 1 aliphatic rings. The van der Waals surface area contributed by atoms with Gasteiger partial charge in [-0.15, -0.1) is 0 Å². The van der Waals surface area contributed by atoms with E-state index in [-0.39, 0.29) is 0 Å². The molecule has 1 saturated carbocycles. The third-order valence-electron chi connectivity index (χ3n) is 4.20. The molecule has 1 N–H and O–H groups in total. The molecule has 1 aliphatic carbocycles. The van der Waals surface area contributed by atoms with Crippen molar-refractivity contribution in [3.63, 3.8) is 0 Å². The lowest BCUT2D eigenvalue weighted by Crippen LogP contribution is -2.28. The van der Waals surface area contributed by atoms with E-state index >= 15 is 0 Å². The highest BCUT2D eigenvalue weighted by molar-refractivity contribution is 6.31. The van der Waals surface area contributed by atoms with Gasteiger partial charge in [0.2, 0.25) is 0 Å². The molecule has 0 bridgehead atoms. The number of rotatable bonds is 5. The van der Waals surface area contributed by atoms with Crippen LogP contribution < -0.4 is 5.32 Å². The maximum absolute atomic E-state index is 6.20. The van der Waals surface area contributed by atoms with Crippen molar-refractivity contribution in [2.24, 2.45) is 11.8 Å². The van der Waals surface area contributed by atoms with Gasteiger partial charge < -0.3 is 5.32 Å². The molecule has 1 nitrogen and oxygen atoms in total. The predicted molar refractivity (Wildman–Crippen MR) is 79.2 cm³/mol. The van der Waals surface area contributed by atoms with Gasteiger partial charge >= 0.3 is 0 Å². The summed E-state index contributed by atoms with van der Waals surface area (Å²) in [5, 5.41) is 4.54. The fraction of sp³-hybridized carbons (Fsp3) is 0.625. The molecule has 18 heavy (non-hydrogen) atoms. The Labute approximate surface area is 116 Å². The van der Waals surface area contributed by atoms with E-state index in [9.17, 15) is 0 Å². The van der Waals surface area contributed by atoms with Crippen molar-refractivity contribution < 1.29 is 0 Å². The molecule has 1 aromatic carbocycles. The second-order valence-corrected chi connectivity index (χ2v) is 6.10. The summed E-state index contributed by atoms with van der Waals surface area (Å²) in [6.45, 7) is 9.85. The summed E-state index contributed by atoms with van der Waals surface area (Å²) in [6.07, 6.45) is 2.80. The summed E-state index contributed by atoms with van der Waals surface area (Å²) in [7, 11) is 0. The van der Waals surface area contributed by atoms with Gasteiger partial charge in [0, 0.05) is 11.1 Å². The van der Waals surface area contributed by atoms with E-state index in [4.69, 9.17) is 11.6 Å². The molecule has 2 heteroatoms. The molecule has 2 atom stereocenters. The topological polar surface area (TPSA) is 12.0 Å². The predicted octanol–water partition coefficient (Wildman–Crippen LogP) is 4.65. The summed E-state index contributed by atoms with van der Waals surface area (Å²) >= 11 is 6.20. The van der Waals surface area contributed by atoms with Gasteiger partial charge in [-0.25, -0.2) is 0 Å². The summed E-state index contributed by atoms with van der Waals surface area (Å²) in [4.78, 5) is 0. The van der Waals surface area contributed by atoms with Crippen LogP contribution in [-0.4, -0.2) is 6.54 Å². The van der Waals surface area contributed by atoms with E-state index in [2.05, 4.69) is 45.1 Å². The molecule has 2 unspecified atom stereocenters. The average Bonchev–Trinajstić information content (AvgIpc) is 3.14. The molecule has 0 radical (unpaired) electrons. The van der Waals surface area contributed by atoms with Gasteiger partial charge in [0.05, 0.1) is 0 Å². The van der Waals surface area contributed by atoms with Crippen LogP contribution in [0.4, 0.5) is 0 Å². The maximum Gasteiger partial charge on any atom is 0.0438 e. The standard InChI is InChI=1S/C16H24ClN/c1-5-18-16(12(4)13-6-7-13)14-8-11(3)15(17)9-10(14)2/h8-9,12-13,16,18H,5-7H2,1-4H3. The highest BCUT2D eigenvalue weighted by Crippen LogP contribution is 2.43. The zero-order valence-corrected chi connectivity index (χ0v) is 12.6. The van der Waals surface area contributed by atoms with Crippen LogP contribution in [0.1, 0.15) is 49.4 Å². The lowest BCUT2D eigenvalue weighted by atomic mass is 9.87. The van der Waals surface area contributed by atoms with Gasteiger partial charge in [-0.3, -0.25) is 0 Å². The number of benzene rings is 1. The van der Waals surface area contributed by atoms with Crippen molar-refractivity contribution in [2.75, 3.05) is 6.54 Å². The van der Waals surface area contributed by atoms with Crippen molar-refractivity contribution in [1.29, 1.82) is 0 Å². The second kappa shape index (κ2) is 5.63. The fourth-order valence-electron chi connectivity index (χ4n) is 2.83. The molecule has 2 rings (SSSR count). The average molecular weight is 266 g/mol. The van der Waals surface area contributed by atoms with Crippen LogP contribution in [0.15, 0.2) is 12.1 Å². The molecule has 100 valence electrons. The van der Waals surface area contributed by atoms with Crippen LogP contribution in [-0.2, 0) is 0 Å². The van der Waals surface area contributed by atoms with Gasteiger partial charge in [-0.1, -0.05) is 31.5 Å². The first-order valence-electron chi connectivity index (χ1n) is 7.04. The summed E-state index contributed by atoms with van der Waals surface area (Å²) in [6, 6.07) is 4.85. The number of hydrogen-bond acceptors (Lipinski definition) is 1. The summed E-state index contributed by atoms with van der Waals surface area (Å²) in [5.74, 6) is 1.62. The van der Waals surface area contributed by atoms with E-state index in [0.717, 1.165) is 17.5 Å². The summed E-state index contributed by atoms with van der Waals surface area (Å²) < 4.78 is 0. The van der Waals surface area contributed by atoms with Gasteiger partial charge in [-0.2, -0.15) is 0 Å². The number of aryl methyl sites for hydroxylation is 2. The number of halogens is 1. The van der Waals surface area contributed by atoms with E-state index < -0.39 is 0 Å². The van der Waals surface area contributed by atoms with E-state index in [0.29, 0.717) is 12.0 Å². The van der Waals surface area contributed by atoms with Crippen LogP contribution in [0.5, 0.6) is 0 Å². The molecular weight excluding hydrogens is 242 g/mol. The maximum atomic E-state index is 6.20. The van der Waals surface area contributed by atoms with Crippen LogP contribution >= 0.6 is 11.6 Å². The van der Waals surface area contributed by atoms with Gasteiger partial charge in [0.25, 0.3) is 0 Å². The first-order valence-corrected chi connectivity index (χ1v) is 7.42. The van der Waals surface area contributed by atoms with Crippen LogP contribution in [0.3, 0.4) is 0 Å². The normalized spacial score (nSPS) is 18.7. The monoisotopic (exact) mass is 265 g/mol. The molecule has 0 heterocycles. The molecule has 0 aliphatic heterocycles. The first kappa shape index (κ1) is 13.9. The van der Waals surface area contributed by atoms with Crippen molar-refractivity contribution in [1.82, 2.24) is 5.32 Å². The minimum atomic E-state index is 0.471. The van der Waals surface area contributed by atoms with Crippen molar-refractivity contribution in [3.8, 4) is 0 Å². The Morgan fingerprint density at radius 2 is 1.94 bits per heavy atom. The second-order valence-electron chi connectivity index (χ2n) is 5.69. The van der Waals surface area contributed by atoms with Crippen LogP contribution in [0, 0.1) is 25.7 Å². The van der Waals surface area contributed by atoms with E-state index in [1.165, 1.54) is 29.5 Å². The van der Waals surface area contributed by atoms with Crippen LogP contribution in [0.2, 0.25) is 5.02 Å². The molecular formula is C16H24ClN. The first-order chi connectivity index (χ1) is 8.54. The zero-order valence-electron chi connectivity index (χ0n) is 11.9. The van der Waals surface area contributed by atoms with Gasteiger partial charge in [0.15, 0.2) is 0 Å². The molecule has 0 spiro atoms. The highest BCUT2D eigenvalue weighted by atomic mass is 35.5. The Morgan fingerprint density at radius 3 is 2.50 bits per heavy atom. The lowest BCUT2D eigenvalue weighted by Gasteiger charge is -2.27. The molecule has 0 saturated heterocycles. The largest absolute Gasteiger partial charge is 0.310 e. The molecule has 1 fully saturated rings. The molecule has 0 aromatic heterocycles. The van der Waals surface area contributed by atoms with Gasteiger partial charge in [0.1, 0.15) is 0 Å². The third kappa shape index (κ3) is 2.89. The number of hydrogen-bond donors (Lipinski definition) is 1. The SMILES string of the molecule is CCNC(c1cc(C)c(Cl)cc1C)C(C)C1CC1. The molecule has 1 aromatic rings. The fourth-order valence-corrected chi connectivity index (χ4v) is 3.05. The van der Waals surface area contributed by atoms with E-state index in [1.807, 2.05) is 0 Å². The van der Waals surface area contributed by atoms with E-state index in [1.54, 1.807) is 0 Å². The smallest absolute Gasteiger partial charge is 0.0438 e. The minimum Gasteiger partial charge on any atom is -0.310 e. The Balaban J connectivity index is 2.32. The minimum absolute atomic E-state index is 0.471. The zero-order chi connectivity index (χ0) is 13.3. The van der Waals surface area contributed by atoms with Crippen molar-refractivity contribution in [2.45, 2.75) is 46.6 Å². The quantitative estimate of drug-likeness (QED) is 0.817. The number of nitrogens with one attached hydrogen (secondary N) is 1. The van der Waals surface area contributed by atoms with Crippen molar-refractivity contribution >= 4 is 11.6 Å². The Hall–Kier alpha value is -0.530. The van der Waals surface area contributed by atoms with Crippen LogP contribution in [0.25, 0.3) is 0 Å². The van der Waals surface area contributed by atoms with Gasteiger partial charge in [-0.05, 0) is 67.8 Å². The third-order valence-corrected chi connectivity index (χ3v) is 4.60.